The molecule has 0 bridgehead atoms. The monoisotopic (exact) mass is 1020 g/mol. The average Bonchev–Trinajstić information content (AvgIpc) is 3.81. The van der Waals surface area contributed by atoms with Gasteiger partial charge in [0.2, 0.25) is 11.8 Å². The van der Waals surface area contributed by atoms with Crippen LogP contribution in [-0.4, -0.2) is 123 Å². The normalized spacial score (nSPS) is 20.3. The molecule has 2 aromatic rings. The van der Waals surface area contributed by atoms with Crippen molar-refractivity contribution >= 4 is 64.0 Å². The summed E-state index contributed by atoms with van der Waals surface area (Å²) >= 11 is 1.77. The Labute approximate surface area is 390 Å². The molecule has 23 nitrogen and oxygen atoms in total. The van der Waals surface area contributed by atoms with Gasteiger partial charge in [0.05, 0.1) is 19.5 Å². The van der Waals surface area contributed by atoms with Crippen LogP contribution in [0.15, 0.2) is 12.7 Å². The van der Waals surface area contributed by atoms with E-state index in [2.05, 4.69) is 41.3 Å². The van der Waals surface area contributed by atoms with Crippen molar-refractivity contribution in [1.29, 1.82) is 0 Å². The molecule has 0 spiro atoms. The van der Waals surface area contributed by atoms with Crippen molar-refractivity contribution in [2.45, 2.75) is 161 Å². The van der Waals surface area contributed by atoms with Gasteiger partial charge in [0.25, 0.3) is 0 Å². The molecule has 0 aromatic carbocycles. The van der Waals surface area contributed by atoms with Crippen LogP contribution in [-0.2, 0) is 45.9 Å². The van der Waals surface area contributed by atoms with E-state index in [1.54, 1.807) is 11.8 Å². The third-order valence-electron chi connectivity index (χ3n) is 10.8. The molecule has 1 saturated heterocycles. The number of anilines is 1. The van der Waals surface area contributed by atoms with E-state index in [4.69, 9.17) is 19.5 Å². The highest BCUT2D eigenvalue weighted by atomic mass is 32.2. The molecule has 1 fully saturated rings. The lowest BCUT2D eigenvalue weighted by atomic mass is 9.87. The van der Waals surface area contributed by atoms with Crippen LogP contribution in [0.25, 0.3) is 11.2 Å². The van der Waals surface area contributed by atoms with Crippen LogP contribution in [0.2, 0.25) is 0 Å². The zero-order chi connectivity index (χ0) is 48.8. The zero-order valence-corrected chi connectivity index (χ0v) is 41.7. The number of nitrogen functional groups attached to an aromatic ring is 1. The van der Waals surface area contributed by atoms with E-state index in [0.717, 1.165) is 35.1 Å². The third kappa shape index (κ3) is 21.7. The van der Waals surface area contributed by atoms with Crippen LogP contribution in [0, 0.1) is 5.41 Å². The molecule has 1 aliphatic rings. The molecule has 2 aromatic heterocycles. The van der Waals surface area contributed by atoms with Crippen molar-refractivity contribution < 1.29 is 75.7 Å². The van der Waals surface area contributed by atoms with Gasteiger partial charge in [0, 0.05) is 30.7 Å². The minimum Gasteiger partial charge on any atom is -0.386 e. The maximum atomic E-state index is 12.7. The smallest absolute Gasteiger partial charge is 0.386 e. The number of nitrogens with one attached hydrogen (secondary N) is 2. The van der Waals surface area contributed by atoms with Crippen molar-refractivity contribution in [2.75, 3.05) is 43.5 Å². The Kier molecular flexibility index (Phi) is 25.7. The second-order valence-corrected chi connectivity index (χ2v) is 22.4. The number of aromatic nitrogens is 4. The Morgan fingerprint density at radius 1 is 0.848 bits per heavy atom. The van der Waals surface area contributed by atoms with Crippen molar-refractivity contribution in [2.24, 2.45) is 5.41 Å². The quantitative estimate of drug-likeness (QED) is 0.0305. The first-order valence-corrected chi connectivity index (χ1v) is 28.3. The predicted molar refractivity (Wildman–Crippen MR) is 247 cm³/mol. The summed E-state index contributed by atoms with van der Waals surface area (Å²) in [6, 6.07) is 0. The van der Waals surface area contributed by atoms with Crippen molar-refractivity contribution in [3.8, 4) is 0 Å². The van der Waals surface area contributed by atoms with Crippen molar-refractivity contribution in [3.05, 3.63) is 12.7 Å². The molecule has 3 heterocycles. The highest BCUT2D eigenvalue weighted by Gasteiger charge is 2.50. The minimum atomic E-state index is -5.55. The Morgan fingerprint density at radius 2 is 1.42 bits per heavy atom. The molecule has 66 heavy (non-hydrogen) atoms. The van der Waals surface area contributed by atoms with Gasteiger partial charge in [-0.1, -0.05) is 117 Å². The molecule has 0 saturated carbocycles. The molecule has 0 radical (unpaired) electrons. The van der Waals surface area contributed by atoms with Gasteiger partial charge in [-0.15, -0.1) is 0 Å². The number of fused-ring (bicyclic) bond motifs is 1. The summed E-state index contributed by atoms with van der Waals surface area (Å²) in [5.41, 5.74) is 4.35. The van der Waals surface area contributed by atoms with Gasteiger partial charge in [-0.05, 0) is 12.2 Å². The van der Waals surface area contributed by atoms with Crippen LogP contribution in [0.5, 0.6) is 0 Å². The highest BCUT2D eigenvalue weighted by molar-refractivity contribution is 7.99. The minimum absolute atomic E-state index is 0.0316. The molecule has 27 heteroatoms. The Bertz CT molecular complexity index is 1910. The van der Waals surface area contributed by atoms with E-state index in [-0.39, 0.29) is 35.9 Å². The lowest BCUT2D eigenvalue weighted by molar-refractivity contribution is -0.137. The maximum absolute atomic E-state index is 12.7. The molecule has 2 unspecified atom stereocenters. The number of phosphoric acid groups is 3. The van der Waals surface area contributed by atoms with Crippen LogP contribution >= 0.6 is 35.2 Å². The van der Waals surface area contributed by atoms with Crippen molar-refractivity contribution in [3.63, 3.8) is 0 Å². The number of imidazole rings is 1. The summed E-state index contributed by atoms with van der Waals surface area (Å²) in [4.78, 5) is 76.2. The fraction of sp³-hybridized carbons (Fsp3) is 0.821. The van der Waals surface area contributed by atoms with Crippen LogP contribution in [0.4, 0.5) is 5.82 Å². The molecular weight excluding hydrogens is 947 g/mol. The zero-order valence-electron chi connectivity index (χ0n) is 38.2. The number of aliphatic hydroxyl groups excluding tert-OH is 2. The maximum Gasteiger partial charge on any atom is 0.481 e. The van der Waals surface area contributed by atoms with Gasteiger partial charge in [-0.2, -0.15) is 16.1 Å². The van der Waals surface area contributed by atoms with E-state index in [9.17, 15) is 53.1 Å². The fourth-order valence-corrected chi connectivity index (χ4v) is 10.7. The molecule has 7 atom stereocenters. The molecule has 3 rings (SSSR count). The van der Waals surface area contributed by atoms with Gasteiger partial charge >= 0.3 is 23.5 Å². The molecule has 2 amide bonds. The number of aliphatic hydroxyl groups is 2. The third-order valence-corrected chi connectivity index (χ3v) is 15.0. The fourth-order valence-electron chi connectivity index (χ4n) is 7.06. The summed E-state index contributed by atoms with van der Waals surface area (Å²) < 4.78 is 62.5. The first-order chi connectivity index (χ1) is 31.2. The van der Waals surface area contributed by atoms with E-state index in [1.165, 1.54) is 110 Å². The Hall–Kier alpha value is -2.11. The van der Waals surface area contributed by atoms with E-state index < -0.39 is 78.6 Å². The Balaban J connectivity index is 1.28. The number of amides is 2. The molecule has 380 valence electrons. The number of unbranched alkanes of at least 4 members (excludes halogenated alkanes) is 15. The number of nitrogens with zero attached hydrogens (tertiary/aromatic N) is 4. The SMILES string of the molecule is CCCCCCCCCCCCCCCCCCSCCNC(=O)CCNC(=O)[C@H](O)C(C)(C)COP(=O)(O)OP(=O)(O)OC[C@H]1O[C@@H](n2cnc3c(N)ncnc32)[C@H](O)[C@@H]1OP(=O)(O)O. The molecule has 0 aliphatic carbocycles. The average molecular weight is 1020 g/mol. The van der Waals surface area contributed by atoms with Gasteiger partial charge in [0.15, 0.2) is 17.7 Å². The number of ether oxygens (including phenoxy) is 1. The van der Waals surface area contributed by atoms with E-state index in [0.29, 0.717) is 6.54 Å². The lowest BCUT2D eigenvalue weighted by Gasteiger charge is -2.30. The topological polar surface area (TPSA) is 347 Å². The van der Waals surface area contributed by atoms with Gasteiger partial charge < -0.3 is 50.9 Å². The summed E-state index contributed by atoms with van der Waals surface area (Å²) in [6.45, 7) is 3.24. The number of hydrogen-bond donors (Lipinski definition) is 9. The first-order valence-electron chi connectivity index (χ1n) is 22.6. The summed E-state index contributed by atoms with van der Waals surface area (Å²) in [6.07, 6.45) is 14.5. The van der Waals surface area contributed by atoms with Crippen LogP contribution < -0.4 is 16.4 Å². The van der Waals surface area contributed by atoms with Crippen molar-refractivity contribution in [1.82, 2.24) is 30.2 Å². The lowest BCUT2D eigenvalue weighted by Crippen LogP contribution is -2.46. The second-order valence-electron chi connectivity index (χ2n) is 17.0. The predicted octanol–water partition coefficient (Wildman–Crippen LogP) is 5.40. The van der Waals surface area contributed by atoms with Crippen LogP contribution in [0.3, 0.4) is 0 Å². The molecular formula is C39H72N7O16P3S. The first kappa shape index (κ1) is 58.2. The number of thioether (sulfide) groups is 1. The summed E-state index contributed by atoms with van der Waals surface area (Å²) in [5, 5.41) is 26.8. The number of nitrogens with two attached hydrogens (primary N) is 1. The van der Waals surface area contributed by atoms with Gasteiger partial charge in [-0.25, -0.2) is 28.6 Å². The standard InChI is InChI=1S/C39H72N7O16P3S/c1-4-5-6-7-8-9-10-11-12-13-14-15-16-17-18-19-23-66-24-22-41-30(47)20-21-42-37(50)34(49)39(2,3)26-59-65(56,57)62-64(54,55)58-25-29-33(61-63(51,52)53)32(48)38(60-29)46-28-45-31-35(40)43-27-44-36(31)46/h27-29,32-34,38,48-49H,4-26H2,1-3H3,(H,41,47)(H,42,50)(H,54,55)(H,56,57)(H2,40,43,44)(H2,51,52,53)/t29-,32-,33-,34+,38-/m1/s1. The van der Waals surface area contributed by atoms with E-state index in [1.807, 2.05) is 0 Å². The number of carbonyl (C=O) groups is 2. The van der Waals surface area contributed by atoms with Crippen LogP contribution in [0.1, 0.15) is 136 Å². The van der Waals surface area contributed by atoms with Gasteiger partial charge in [0.1, 0.15) is 36.3 Å². The highest BCUT2D eigenvalue weighted by Crippen LogP contribution is 2.61. The summed E-state index contributed by atoms with van der Waals surface area (Å²) in [5.74, 6) is 0.536. The van der Waals surface area contributed by atoms with Gasteiger partial charge in [-0.3, -0.25) is 27.7 Å². The van der Waals surface area contributed by atoms with E-state index >= 15 is 0 Å². The largest absolute Gasteiger partial charge is 0.481 e. The molecule has 10 N–H and O–H groups in total. The molecule has 1 aliphatic heterocycles. The summed E-state index contributed by atoms with van der Waals surface area (Å²) in [7, 11) is -16.3. The number of rotatable bonds is 36. The Morgan fingerprint density at radius 3 is 2.02 bits per heavy atom. The second kappa shape index (κ2) is 29.2. The number of hydrogen-bond acceptors (Lipinski definition) is 17. The number of carbonyl (C=O) groups excluding carboxylic acids is 2. The number of phosphoric ester groups is 3.